The minimum Gasteiger partial charge on any atom is -0.356 e. The van der Waals surface area contributed by atoms with Crippen LogP contribution in [0.1, 0.15) is 24.1 Å². The van der Waals surface area contributed by atoms with Crippen molar-refractivity contribution in [1.82, 2.24) is 9.46 Å². The van der Waals surface area contributed by atoms with Crippen molar-refractivity contribution in [2.45, 2.75) is 30.4 Å². The van der Waals surface area contributed by atoms with Gasteiger partial charge in [0, 0.05) is 30.1 Å². The molecule has 0 atom stereocenters. The molecule has 1 fully saturated rings. The summed E-state index contributed by atoms with van der Waals surface area (Å²) in [6.45, 7) is 3.00. The number of aromatic nitrogens is 1. The van der Waals surface area contributed by atoms with Crippen LogP contribution in [0.5, 0.6) is 0 Å². The first-order valence-corrected chi connectivity index (χ1v) is 11.4. The molecule has 7 heteroatoms. The molecule has 0 saturated carbocycles. The Bertz CT molecular complexity index is 1000. The van der Waals surface area contributed by atoms with Gasteiger partial charge in [-0.25, -0.2) is 8.42 Å². The number of hydrogen-bond acceptors (Lipinski definition) is 5. The highest BCUT2D eigenvalue weighted by atomic mass is 32.2. The van der Waals surface area contributed by atoms with Crippen molar-refractivity contribution in [3.05, 3.63) is 59.1 Å². The lowest BCUT2D eigenvalue weighted by molar-refractivity contribution is 0.273. The molecule has 2 aromatic heterocycles. The van der Waals surface area contributed by atoms with Gasteiger partial charge in [0.15, 0.2) is 5.76 Å². The molecule has 3 aromatic rings. The van der Waals surface area contributed by atoms with E-state index in [2.05, 4.69) is 29.4 Å². The van der Waals surface area contributed by atoms with Crippen molar-refractivity contribution in [2.24, 2.45) is 5.92 Å². The second-order valence-electron chi connectivity index (χ2n) is 7.02. The minimum atomic E-state index is -3.45. The molecule has 0 amide bonds. The summed E-state index contributed by atoms with van der Waals surface area (Å²) in [5.74, 6) is 1.14. The van der Waals surface area contributed by atoms with Crippen molar-refractivity contribution in [3.63, 3.8) is 0 Å². The van der Waals surface area contributed by atoms with Gasteiger partial charge < -0.3 is 4.52 Å². The fourth-order valence-corrected chi connectivity index (χ4v) is 6.30. The van der Waals surface area contributed by atoms with Crippen molar-refractivity contribution in [3.8, 4) is 11.3 Å². The summed E-state index contributed by atoms with van der Waals surface area (Å²) in [6.07, 6.45) is 2.81. The Morgan fingerprint density at radius 2 is 1.93 bits per heavy atom. The van der Waals surface area contributed by atoms with E-state index < -0.39 is 10.0 Å². The van der Waals surface area contributed by atoms with Crippen LogP contribution in [0.2, 0.25) is 0 Å². The van der Waals surface area contributed by atoms with E-state index >= 15 is 0 Å². The predicted molar refractivity (Wildman–Crippen MR) is 106 cm³/mol. The van der Waals surface area contributed by atoms with Crippen molar-refractivity contribution < 1.29 is 12.9 Å². The average Bonchev–Trinajstić information content (AvgIpc) is 3.32. The summed E-state index contributed by atoms with van der Waals surface area (Å²) < 4.78 is 33.2. The SMILES string of the molecule is Cc1cc(-c2csc(S(=O)(=O)N3CCC(Cc4ccccc4)CC3)c2)on1. The Balaban J connectivity index is 1.42. The zero-order valence-electron chi connectivity index (χ0n) is 15.2. The Labute approximate surface area is 163 Å². The van der Waals surface area contributed by atoms with Gasteiger partial charge in [-0.05, 0) is 43.7 Å². The van der Waals surface area contributed by atoms with E-state index in [1.165, 1.54) is 16.9 Å². The van der Waals surface area contributed by atoms with E-state index in [0.29, 0.717) is 29.0 Å². The van der Waals surface area contributed by atoms with Gasteiger partial charge in [0.2, 0.25) is 0 Å². The predicted octanol–water partition coefficient (Wildman–Crippen LogP) is 4.35. The van der Waals surface area contributed by atoms with Crippen LogP contribution < -0.4 is 0 Å². The number of thiophene rings is 1. The molecule has 1 aliphatic rings. The lowest BCUT2D eigenvalue weighted by Gasteiger charge is -2.30. The summed E-state index contributed by atoms with van der Waals surface area (Å²) in [4.78, 5) is 0. The van der Waals surface area contributed by atoms with Gasteiger partial charge >= 0.3 is 0 Å². The fraction of sp³-hybridized carbons (Fsp3) is 0.350. The summed E-state index contributed by atoms with van der Waals surface area (Å²) in [7, 11) is -3.45. The van der Waals surface area contributed by atoms with Crippen LogP contribution in [0.3, 0.4) is 0 Å². The molecule has 1 aromatic carbocycles. The average molecular weight is 403 g/mol. The number of rotatable bonds is 5. The van der Waals surface area contributed by atoms with E-state index in [0.717, 1.165) is 30.5 Å². The molecule has 0 unspecified atom stereocenters. The molecule has 1 saturated heterocycles. The minimum absolute atomic E-state index is 0.369. The Kier molecular flexibility index (Phi) is 5.16. The molecular formula is C20H22N2O3S2. The fourth-order valence-electron chi connectivity index (χ4n) is 3.51. The van der Waals surface area contributed by atoms with Crippen LogP contribution in [0.25, 0.3) is 11.3 Å². The topological polar surface area (TPSA) is 63.4 Å². The molecule has 0 bridgehead atoms. The Hall–Kier alpha value is -1.96. The molecular weight excluding hydrogens is 380 g/mol. The first kappa shape index (κ1) is 18.4. The van der Waals surface area contributed by atoms with Crippen molar-refractivity contribution >= 4 is 21.4 Å². The van der Waals surface area contributed by atoms with Gasteiger partial charge in [-0.3, -0.25) is 0 Å². The van der Waals surface area contributed by atoms with Gasteiger partial charge in [-0.2, -0.15) is 4.31 Å². The molecule has 142 valence electrons. The zero-order chi connectivity index (χ0) is 18.9. The lowest BCUT2D eigenvalue weighted by atomic mass is 9.91. The van der Waals surface area contributed by atoms with E-state index in [-0.39, 0.29) is 0 Å². The first-order valence-electron chi connectivity index (χ1n) is 9.08. The van der Waals surface area contributed by atoms with Crippen LogP contribution in [0, 0.1) is 12.8 Å². The van der Waals surface area contributed by atoms with Crippen LogP contribution in [-0.2, 0) is 16.4 Å². The maximum absolute atomic E-state index is 13.0. The van der Waals surface area contributed by atoms with Gasteiger partial charge in [0.05, 0.1) is 5.69 Å². The number of nitrogens with zero attached hydrogens (tertiary/aromatic N) is 2. The van der Waals surface area contributed by atoms with E-state index in [4.69, 9.17) is 4.52 Å². The molecule has 27 heavy (non-hydrogen) atoms. The molecule has 0 spiro atoms. The van der Waals surface area contributed by atoms with E-state index in [1.54, 1.807) is 10.4 Å². The highest BCUT2D eigenvalue weighted by Gasteiger charge is 2.30. The molecule has 4 rings (SSSR count). The van der Waals surface area contributed by atoms with Gasteiger partial charge in [-0.1, -0.05) is 35.5 Å². The van der Waals surface area contributed by atoms with Crippen LogP contribution >= 0.6 is 11.3 Å². The maximum Gasteiger partial charge on any atom is 0.252 e. The zero-order valence-corrected chi connectivity index (χ0v) is 16.8. The number of sulfonamides is 1. The third-order valence-electron chi connectivity index (χ3n) is 5.02. The second kappa shape index (κ2) is 7.58. The lowest BCUT2D eigenvalue weighted by Crippen LogP contribution is -2.38. The van der Waals surface area contributed by atoms with E-state index in [9.17, 15) is 8.42 Å². The summed E-state index contributed by atoms with van der Waals surface area (Å²) in [5, 5.41) is 5.68. The summed E-state index contributed by atoms with van der Waals surface area (Å²) in [6, 6.07) is 13.9. The number of benzene rings is 1. The molecule has 0 radical (unpaired) electrons. The van der Waals surface area contributed by atoms with Crippen LogP contribution in [0.15, 0.2) is 56.6 Å². The molecule has 0 N–H and O–H groups in total. The highest BCUT2D eigenvalue weighted by molar-refractivity contribution is 7.91. The Morgan fingerprint density at radius 1 is 1.19 bits per heavy atom. The first-order chi connectivity index (χ1) is 13.0. The van der Waals surface area contributed by atoms with Crippen molar-refractivity contribution in [2.75, 3.05) is 13.1 Å². The smallest absolute Gasteiger partial charge is 0.252 e. The Morgan fingerprint density at radius 3 is 2.59 bits per heavy atom. The third-order valence-corrected chi connectivity index (χ3v) is 8.34. The second-order valence-corrected chi connectivity index (χ2v) is 10.1. The number of aryl methyl sites for hydroxylation is 1. The molecule has 5 nitrogen and oxygen atoms in total. The van der Waals surface area contributed by atoms with Gasteiger partial charge in [0.1, 0.15) is 4.21 Å². The van der Waals surface area contributed by atoms with Crippen LogP contribution in [0.4, 0.5) is 0 Å². The van der Waals surface area contributed by atoms with Gasteiger partial charge in [0.25, 0.3) is 10.0 Å². The largest absolute Gasteiger partial charge is 0.356 e. The monoisotopic (exact) mass is 402 g/mol. The van der Waals surface area contributed by atoms with Crippen molar-refractivity contribution in [1.29, 1.82) is 0 Å². The van der Waals surface area contributed by atoms with Gasteiger partial charge in [-0.15, -0.1) is 11.3 Å². The highest BCUT2D eigenvalue weighted by Crippen LogP contribution is 2.32. The normalized spacial score (nSPS) is 16.6. The molecule has 3 heterocycles. The molecule has 1 aliphatic heterocycles. The molecule has 0 aliphatic carbocycles. The number of hydrogen-bond donors (Lipinski definition) is 0. The maximum atomic E-state index is 13.0. The summed E-state index contributed by atoms with van der Waals surface area (Å²) >= 11 is 1.24. The van der Waals surface area contributed by atoms with E-state index in [1.807, 2.05) is 24.4 Å². The third kappa shape index (κ3) is 4.00. The quantitative estimate of drug-likeness (QED) is 0.636. The van der Waals surface area contributed by atoms with Crippen LogP contribution in [-0.4, -0.2) is 31.0 Å². The standard InChI is InChI=1S/C20H22N2O3S2/c1-15-11-19(25-21-15)18-13-20(26-14-18)27(23,24)22-9-7-17(8-10-22)12-16-5-3-2-4-6-16/h2-6,11,13-14,17H,7-10,12H2,1H3. The number of piperidine rings is 1. The summed E-state index contributed by atoms with van der Waals surface area (Å²) in [5.41, 5.74) is 2.86.